The quantitative estimate of drug-likeness (QED) is 0.885. The van der Waals surface area contributed by atoms with Crippen LogP contribution in [0.15, 0.2) is 18.2 Å². The van der Waals surface area contributed by atoms with Gasteiger partial charge in [-0.15, -0.1) is 0 Å². The smallest absolute Gasteiger partial charge is 0.142 e. The van der Waals surface area contributed by atoms with Gasteiger partial charge in [-0.25, -0.2) is 4.39 Å². The van der Waals surface area contributed by atoms with Gasteiger partial charge in [0.1, 0.15) is 5.82 Å². The van der Waals surface area contributed by atoms with Gasteiger partial charge >= 0.3 is 0 Å². The van der Waals surface area contributed by atoms with Crippen molar-refractivity contribution in [2.45, 2.75) is 26.4 Å². The molecule has 0 amide bonds. The predicted octanol–water partition coefficient (Wildman–Crippen LogP) is 2.91. The van der Waals surface area contributed by atoms with Crippen LogP contribution >= 0.6 is 11.6 Å². The highest BCUT2D eigenvalue weighted by molar-refractivity contribution is 6.30. The second-order valence-electron chi connectivity index (χ2n) is 5.30. The molecule has 1 aromatic rings. The Morgan fingerprint density at radius 3 is 2.67 bits per heavy atom. The van der Waals surface area contributed by atoms with Crippen molar-refractivity contribution in [3.63, 3.8) is 0 Å². The second-order valence-corrected chi connectivity index (χ2v) is 5.70. The van der Waals surface area contributed by atoms with Gasteiger partial charge in [-0.05, 0) is 37.5 Å². The summed E-state index contributed by atoms with van der Waals surface area (Å²) in [5, 5.41) is 3.47. The van der Waals surface area contributed by atoms with E-state index in [9.17, 15) is 4.39 Å². The molecule has 1 N–H and O–H groups in total. The zero-order valence-corrected chi connectivity index (χ0v) is 11.7. The average Bonchev–Trinajstić information content (AvgIpc) is 2.26. The van der Waals surface area contributed by atoms with Crippen molar-refractivity contribution in [3.8, 4) is 0 Å². The summed E-state index contributed by atoms with van der Waals surface area (Å²) in [5.74, 6) is 0.396. The van der Waals surface area contributed by atoms with Crippen LogP contribution in [0.2, 0.25) is 5.02 Å². The van der Waals surface area contributed by atoms with E-state index in [0.29, 0.717) is 6.04 Å². The zero-order chi connectivity index (χ0) is 13.1. The van der Waals surface area contributed by atoms with Gasteiger partial charge in [-0.3, -0.25) is 4.90 Å². The second kappa shape index (κ2) is 6.00. The first kappa shape index (κ1) is 13.8. The molecule has 4 heteroatoms. The van der Waals surface area contributed by atoms with Gasteiger partial charge in [0, 0.05) is 32.2 Å². The van der Waals surface area contributed by atoms with Gasteiger partial charge in [-0.2, -0.15) is 0 Å². The monoisotopic (exact) mass is 270 g/mol. The number of benzene rings is 1. The SMILES string of the molecule is CC(C)N(Cc1ccc(Cl)c(F)c1)CC1CNC1. The molecule has 100 valence electrons. The van der Waals surface area contributed by atoms with Crippen LogP contribution < -0.4 is 5.32 Å². The van der Waals surface area contributed by atoms with E-state index < -0.39 is 0 Å². The van der Waals surface area contributed by atoms with Crippen LogP contribution in [0.25, 0.3) is 0 Å². The Bertz CT molecular complexity index is 405. The minimum Gasteiger partial charge on any atom is -0.316 e. The fraction of sp³-hybridized carbons (Fsp3) is 0.571. The third-order valence-corrected chi connectivity index (χ3v) is 3.77. The number of halogens is 2. The Morgan fingerprint density at radius 1 is 1.44 bits per heavy atom. The summed E-state index contributed by atoms with van der Waals surface area (Å²) in [5.41, 5.74) is 0.984. The Balaban J connectivity index is 2.00. The van der Waals surface area contributed by atoms with Crippen LogP contribution in [0.1, 0.15) is 19.4 Å². The standard InChI is InChI=1S/C14H20ClFN2/c1-10(2)18(9-12-6-17-7-12)8-11-3-4-13(15)14(16)5-11/h3-5,10,12,17H,6-9H2,1-2H3. The molecular formula is C14H20ClFN2. The van der Waals surface area contributed by atoms with Gasteiger partial charge in [0.25, 0.3) is 0 Å². The van der Waals surface area contributed by atoms with E-state index >= 15 is 0 Å². The van der Waals surface area contributed by atoms with Gasteiger partial charge < -0.3 is 5.32 Å². The van der Waals surface area contributed by atoms with Crippen molar-refractivity contribution in [2.75, 3.05) is 19.6 Å². The van der Waals surface area contributed by atoms with E-state index in [1.54, 1.807) is 6.07 Å². The fourth-order valence-corrected chi connectivity index (χ4v) is 2.26. The zero-order valence-electron chi connectivity index (χ0n) is 10.9. The Kier molecular flexibility index (Phi) is 4.60. The van der Waals surface area contributed by atoms with Crippen LogP contribution in [-0.4, -0.2) is 30.6 Å². The molecule has 2 nitrogen and oxygen atoms in total. The average molecular weight is 271 g/mol. The van der Waals surface area contributed by atoms with Crippen molar-refractivity contribution < 1.29 is 4.39 Å². The molecule has 1 saturated heterocycles. The van der Waals surface area contributed by atoms with Crippen LogP contribution in [-0.2, 0) is 6.54 Å². The molecule has 0 unspecified atom stereocenters. The van der Waals surface area contributed by atoms with Gasteiger partial charge in [-0.1, -0.05) is 17.7 Å². The van der Waals surface area contributed by atoms with Crippen LogP contribution in [0, 0.1) is 11.7 Å². The molecule has 18 heavy (non-hydrogen) atoms. The number of hydrogen-bond donors (Lipinski definition) is 1. The van der Waals surface area contributed by atoms with Crippen molar-refractivity contribution in [1.82, 2.24) is 10.2 Å². The highest BCUT2D eigenvalue weighted by Crippen LogP contribution is 2.18. The van der Waals surface area contributed by atoms with Crippen molar-refractivity contribution in [3.05, 3.63) is 34.6 Å². The Morgan fingerprint density at radius 2 is 2.17 bits per heavy atom. The lowest BCUT2D eigenvalue weighted by atomic mass is 10.0. The summed E-state index contributed by atoms with van der Waals surface area (Å²) in [6.07, 6.45) is 0. The highest BCUT2D eigenvalue weighted by atomic mass is 35.5. The molecule has 0 aromatic heterocycles. The maximum absolute atomic E-state index is 13.4. The lowest BCUT2D eigenvalue weighted by Gasteiger charge is -2.35. The van der Waals surface area contributed by atoms with Crippen LogP contribution in [0.5, 0.6) is 0 Å². The first-order valence-electron chi connectivity index (χ1n) is 6.45. The molecule has 2 rings (SSSR count). The van der Waals surface area contributed by atoms with Gasteiger partial charge in [0.05, 0.1) is 5.02 Å². The molecule has 0 aliphatic carbocycles. The molecular weight excluding hydrogens is 251 g/mol. The van der Waals surface area contributed by atoms with Crippen molar-refractivity contribution in [1.29, 1.82) is 0 Å². The summed E-state index contributed by atoms with van der Waals surface area (Å²) in [7, 11) is 0. The lowest BCUT2D eigenvalue weighted by molar-refractivity contribution is 0.152. The maximum atomic E-state index is 13.4. The molecule has 0 atom stereocenters. The van der Waals surface area contributed by atoms with E-state index in [-0.39, 0.29) is 10.8 Å². The number of rotatable bonds is 5. The molecule has 0 spiro atoms. The summed E-state index contributed by atoms with van der Waals surface area (Å²) in [4.78, 5) is 2.38. The minimum atomic E-state index is -0.330. The first-order chi connectivity index (χ1) is 8.56. The summed E-state index contributed by atoms with van der Waals surface area (Å²) >= 11 is 5.70. The largest absolute Gasteiger partial charge is 0.316 e. The van der Waals surface area contributed by atoms with E-state index in [2.05, 4.69) is 24.1 Å². The lowest BCUT2D eigenvalue weighted by Crippen LogP contribution is -2.49. The third-order valence-electron chi connectivity index (χ3n) is 3.46. The predicted molar refractivity (Wildman–Crippen MR) is 73.3 cm³/mol. The molecule has 1 fully saturated rings. The topological polar surface area (TPSA) is 15.3 Å². The van der Waals surface area contributed by atoms with Crippen LogP contribution in [0.3, 0.4) is 0 Å². The summed E-state index contributed by atoms with van der Waals surface area (Å²) in [6.45, 7) is 8.39. The summed E-state index contributed by atoms with van der Waals surface area (Å²) < 4.78 is 13.4. The number of hydrogen-bond acceptors (Lipinski definition) is 2. The van der Waals surface area contributed by atoms with Crippen molar-refractivity contribution >= 4 is 11.6 Å². The third kappa shape index (κ3) is 3.44. The highest BCUT2D eigenvalue weighted by Gasteiger charge is 2.21. The molecule has 1 aliphatic rings. The van der Waals surface area contributed by atoms with Crippen LogP contribution in [0.4, 0.5) is 4.39 Å². The molecule has 0 bridgehead atoms. The fourth-order valence-electron chi connectivity index (χ4n) is 2.14. The van der Waals surface area contributed by atoms with Gasteiger partial charge in [0.15, 0.2) is 0 Å². The minimum absolute atomic E-state index is 0.193. The van der Waals surface area contributed by atoms with E-state index in [1.165, 1.54) is 6.07 Å². The van der Waals surface area contributed by atoms with E-state index in [4.69, 9.17) is 11.6 Å². The molecule has 1 aromatic carbocycles. The molecule has 0 radical (unpaired) electrons. The van der Waals surface area contributed by atoms with Crippen molar-refractivity contribution in [2.24, 2.45) is 5.92 Å². The molecule has 1 heterocycles. The summed E-state index contributed by atoms with van der Waals surface area (Å²) in [6, 6.07) is 5.54. The Hall–Kier alpha value is -0.640. The van der Waals surface area contributed by atoms with E-state index in [0.717, 1.165) is 37.7 Å². The maximum Gasteiger partial charge on any atom is 0.142 e. The first-order valence-corrected chi connectivity index (χ1v) is 6.82. The molecule has 1 aliphatic heterocycles. The Labute approximate surface area is 113 Å². The number of nitrogens with zero attached hydrogens (tertiary/aromatic N) is 1. The van der Waals surface area contributed by atoms with E-state index in [1.807, 2.05) is 6.07 Å². The number of nitrogens with one attached hydrogen (secondary N) is 1. The van der Waals surface area contributed by atoms with Gasteiger partial charge in [0.2, 0.25) is 0 Å². The normalized spacial score (nSPS) is 16.3. The molecule has 0 saturated carbocycles.